The Labute approximate surface area is 112 Å². The first-order valence-electron chi connectivity index (χ1n) is 5.92. The van der Waals surface area contributed by atoms with Crippen LogP contribution in [0.2, 0.25) is 0 Å². The molecule has 0 bridgehead atoms. The molecule has 0 aliphatic carbocycles. The molecule has 1 amide bonds. The molecule has 5 nitrogen and oxygen atoms in total. The highest BCUT2D eigenvalue weighted by atomic mass is 16.6. The van der Waals surface area contributed by atoms with E-state index in [1.54, 1.807) is 39.0 Å². The Balaban J connectivity index is 2.98. The van der Waals surface area contributed by atoms with Gasteiger partial charge in [-0.3, -0.25) is 10.1 Å². The first-order valence-corrected chi connectivity index (χ1v) is 5.92. The highest BCUT2D eigenvalue weighted by Crippen LogP contribution is 2.23. The van der Waals surface area contributed by atoms with Crippen LogP contribution in [0.3, 0.4) is 0 Å². The number of Topliss-reactive ketones (excluding diaryl/α,β-unsaturated/α-hetero) is 1. The van der Waals surface area contributed by atoms with Gasteiger partial charge < -0.3 is 9.47 Å². The maximum Gasteiger partial charge on any atom is 0.412 e. The normalized spacial score (nSPS) is 10.8. The molecule has 0 aliphatic heterocycles. The van der Waals surface area contributed by atoms with E-state index in [4.69, 9.17) is 9.47 Å². The third-order valence-electron chi connectivity index (χ3n) is 2.24. The summed E-state index contributed by atoms with van der Waals surface area (Å²) in [6, 6.07) is 4.85. The van der Waals surface area contributed by atoms with Crippen LogP contribution in [0.25, 0.3) is 0 Å². The number of methoxy groups -OCH3 is 1. The average molecular weight is 265 g/mol. The number of carbonyl (C=O) groups excluding carboxylic acids is 2. The maximum absolute atomic E-state index is 11.7. The molecule has 0 spiro atoms. The topological polar surface area (TPSA) is 64.6 Å². The van der Waals surface area contributed by atoms with Crippen molar-refractivity contribution >= 4 is 17.6 Å². The zero-order valence-electron chi connectivity index (χ0n) is 11.9. The summed E-state index contributed by atoms with van der Waals surface area (Å²) in [6.07, 6.45) is -0.608. The molecule has 0 radical (unpaired) electrons. The van der Waals surface area contributed by atoms with Crippen molar-refractivity contribution in [3.05, 3.63) is 23.8 Å². The van der Waals surface area contributed by atoms with Crippen LogP contribution in [-0.2, 0) is 4.74 Å². The van der Waals surface area contributed by atoms with Crippen LogP contribution in [-0.4, -0.2) is 24.6 Å². The predicted octanol–water partition coefficient (Wildman–Crippen LogP) is 3.24. The van der Waals surface area contributed by atoms with E-state index < -0.39 is 11.7 Å². The lowest BCUT2D eigenvalue weighted by atomic mass is 10.1. The number of carbonyl (C=O) groups is 2. The van der Waals surface area contributed by atoms with Gasteiger partial charge in [-0.15, -0.1) is 0 Å². The van der Waals surface area contributed by atoms with Gasteiger partial charge in [0.15, 0.2) is 5.78 Å². The number of ketones is 1. The summed E-state index contributed by atoms with van der Waals surface area (Å²) in [4.78, 5) is 23.2. The summed E-state index contributed by atoms with van der Waals surface area (Å²) in [5, 5.41) is 2.56. The Morgan fingerprint density at radius 3 is 2.32 bits per heavy atom. The molecule has 1 N–H and O–H groups in total. The van der Waals surface area contributed by atoms with Crippen molar-refractivity contribution < 1.29 is 19.1 Å². The third kappa shape index (κ3) is 4.62. The number of rotatable bonds is 3. The van der Waals surface area contributed by atoms with Crippen molar-refractivity contribution in [3.8, 4) is 5.75 Å². The Bertz CT molecular complexity index is 489. The first-order chi connectivity index (χ1) is 8.73. The minimum absolute atomic E-state index is 0.145. The monoisotopic (exact) mass is 265 g/mol. The summed E-state index contributed by atoms with van der Waals surface area (Å²) >= 11 is 0. The lowest BCUT2D eigenvalue weighted by Gasteiger charge is -2.20. The third-order valence-corrected chi connectivity index (χ3v) is 2.24. The Kier molecular flexibility index (Phi) is 4.53. The fraction of sp³-hybridized carbons (Fsp3) is 0.429. The summed E-state index contributed by atoms with van der Waals surface area (Å²) in [7, 11) is 1.51. The molecule has 5 heteroatoms. The summed E-state index contributed by atoms with van der Waals surface area (Å²) in [5.74, 6) is 0.407. The Morgan fingerprint density at radius 1 is 1.21 bits per heavy atom. The van der Waals surface area contributed by atoms with Crippen LogP contribution in [0.1, 0.15) is 38.1 Å². The van der Waals surface area contributed by atoms with Crippen LogP contribution in [0.15, 0.2) is 18.2 Å². The fourth-order valence-electron chi connectivity index (χ4n) is 1.47. The van der Waals surface area contributed by atoms with Gasteiger partial charge in [0.25, 0.3) is 0 Å². The van der Waals surface area contributed by atoms with Crippen molar-refractivity contribution in [2.75, 3.05) is 12.4 Å². The molecule has 104 valence electrons. The van der Waals surface area contributed by atoms with Crippen molar-refractivity contribution in [2.45, 2.75) is 33.3 Å². The molecule has 0 aliphatic rings. The van der Waals surface area contributed by atoms with E-state index >= 15 is 0 Å². The average Bonchev–Trinajstić information content (AvgIpc) is 2.25. The van der Waals surface area contributed by atoms with E-state index in [0.717, 1.165) is 0 Å². The Morgan fingerprint density at radius 2 is 1.84 bits per heavy atom. The summed E-state index contributed by atoms with van der Waals surface area (Å²) in [5.41, 5.74) is 0.187. The zero-order chi connectivity index (χ0) is 14.6. The minimum Gasteiger partial charge on any atom is -0.497 e. The van der Waals surface area contributed by atoms with E-state index in [2.05, 4.69) is 5.32 Å². The second kappa shape index (κ2) is 5.73. The second-order valence-corrected chi connectivity index (χ2v) is 5.09. The zero-order valence-corrected chi connectivity index (χ0v) is 11.9. The van der Waals surface area contributed by atoms with Gasteiger partial charge >= 0.3 is 6.09 Å². The number of hydrogen-bond donors (Lipinski definition) is 1. The van der Waals surface area contributed by atoms with Gasteiger partial charge in [-0.2, -0.15) is 0 Å². The van der Waals surface area contributed by atoms with Crippen LogP contribution in [0.4, 0.5) is 10.5 Å². The molecule has 1 rings (SSSR count). The highest BCUT2D eigenvalue weighted by Gasteiger charge is 2.18. The smallest absolute Gasteiger partial charge is 0.412 e. The number of benzene rings is 1. The molecular weight excluding hydrogens is 246 g/mol. The van der Waals surface area contributed by atoms with Gasteiger partial charge in [0.05, 0.1) is 12.8 Å². The van der Waals surface area contributed by atoms with Gasteiger partial charge in [0.1, 0.15) is 11.4 Å². The summed E-state index contributed by atoms with van der Waals surface area (Å²) < 4.78 is 10.2. The van der Waals surface area contributed by atoms with Gasteiger partial charge in [-0.1, -0.05) is 0 Å². The molecule has 0 atom stereocenters. The van der Waals surface area contributed by atoms with Gasteiger partial charge in [0.2, 0.25) is 0 Å². The quantitative estimate of drug-likeness (QED) is 0.852. The SMILES string of the molecule is COc1ccc(C(C)=O)c(NC(=O)OC(C)(C)C)c1. The van der Waals surface area contributed by atoms with Crippen molar-refractivity contribution in [1.29, 1.82) is 0 Å². The molecule has 0 unspecified atom stereocenters. The first kappa shape index (κ1) is 15.0. The maximum atomic E-state index is 11.7. The van der Waals surface area contributed by atoms with Crippen molar-refractivity contribution in [2.24, 2.45) is 0 Å². The van der Waals surface area contributed by atoms with Crippen LogP contribution >= 0.6 is 0 Å². The second-order valence-electron chi connectivity index (χ2n) is 5.09. The van der Waals surface area contributed by atoms with E-state index in [1.807, 2.05) is 0 Å². The van der Waals surface area contributed by atoms with Crippen molar-refractivity contribution in [3.63, 3.8) is 0 Å². The minimum atomic E-state index is -0.608. The molecule has 0 fully saturated rings. The lowest BCUT2D eigenvalue weighted by Crippen LogP contribution is -2.27. The molecule has 0 aromatic heterocycles. The standard InChI is InChI=1S/C14H19NO4/c1-9(16)11-7-6-10(18-5)8-12(11)15-13(17)19-14(2,3)4/h6-8H,1-5H3,(H,15,17). The summed E-state index contributed by atoms with van der Waals surface area (Å²) in [6.45, 7) is 6.74. The molecule has 0 saturated carbocycles. The number of anilines is 1. The molecule has 1 aromatic rings. The Hall–Kier alpha value is -2.04. The van der Waals surface area contributed by atoms with Crippen LogP contribution < -0.4 is 10.1 Å². The largest absolute Gasteiger partial charge is 0.497 e. The van der Waals surface area contributed by atoms with Crippen LogP contribution in [0.5, 0.6) is 5.75 Å². The van der Waals surface area contributed by atoms with E-state index in [9.17, 15) is 9.59 Å². The molecular formula is C14H19NO4. The van der Waals surface area contributed by atoms with Gasteiger partial charge in [-0.25, -0.2) is 4.79 Å². The van der Waals surface area contributed by atoms with Crippen LogP contribution in [0, 0.1) is 0 Å². The predicted molar refractivity (Wildman–Crippen MR) is 72.9 cm³/mol. The van der Waals surface area contributed by atoms with Gasteiger partial charge in [0, 0.05) is 11.6 Å². The van der Waals surface area contributed by atoms with Gasteiger partial charge in [-0.05, 0) is 39.8 Å². The molecule has 19 heavy (non-hydrogen) atoms. The number of nitrogens with one attached hydrogen (secondary N) is 1. The van der Waals surface area contributed by atoms with E-state index in [0.29, 0.717) is 17.0 Å². The fourth-order valence-corrected chi connectivity index (χ4v) is 1.47. The van der Waals surface area contributed by atoms with E-state index in [1.165, 1.54) is 14.0 Å². The number of ether oxygens (including phenoxy) is 2. The molecule has 0 saturated heterocycles. The number of hydrogen-bond acceptors (Lipinski definition) is 4. The highest BCUT2D eigenvalue weighted by molar-refractivity contribution is 6.02. The molecule has 0 heterocycles. The van der Waals surface area contributed by atoms with Crippen molar-refractivity contribution in [1.82, 2.24) is 0 Å². The number of amides is 1. The molecule has 1 aromatic carbocycles. The van der Waals surface area contributed by atoms with E-state index in [-0.39, 0.29) is 5.78 Å². The lowest BCUT2D eigenvalue weighted by molar-refractivity contribution is 0.0636.